The van der Waals surface area contributed by atoms with E-state index >= 15 is 0 Å². The number of ether oxygens (including phenoxy) is 7. The lowest BCUT2D eigenvalue weighted by molar-refractivity contribution is 0.0591. The van der Waals surface area contributed by atoms with Crippen LogP contribution in [0.2, 0.25) is 0 Å². The maximum atomic E-state index is 12.0. The first-order valence-corrected chi connectivity index (χ1v) is 13.0. The first-order valence-electron chi connectivity index (χ1n) is 13.0. The number of esters is 2. The number of methoxy groups -OCH3 is 5. The molecule has 4 aromatic carbocycles. The molecule has 9 nitrogen and oxygen atoms in total. The Morgan fingerprint density at radius 2 is 1.17 bits per heavy atom. The van der Waals surface area contributed by atoms with Gasteiger partial charge in [-0.3, -0.25) is 0 Å². The maximum Gasteiger partial charge on any atom is 0.337 e. The predicted octanol–water partition coefficient (Wildman–Crippen LogP) is 6.66. The van der Waals surface area contributed by atoms with E-state index in [2.05, 4.69) is 0 Å². The van der Waals surface area contributed by atoms with Crippen LogP contribution in [-0.4, -0.2) is 47.5 Å². The lowest BCUT2D eigenvalue weighted by Gasteiger charge is -2.18. The molecule has 0 bridgehead atoms. The highest BCUT2D eigenvalue weighted by molar-refractivity contribution is 5.90. The highest BCUT2D eigenvalue weighted by atomic mass is 16.5. The summed E-state index contributed by atoms with van der Waals surface area (Å²) >= 11 is 0. The molecule has 0 saturated carbocycles. The Bertz CT molecular complexity index is 1540. The van der Waals surface area contributed by atoms with Crippen molar-refractivity contribution in [3.63, 3.8) is 0 Å². The van der Waals surface area contributed by atoms with Gasteiger partial charge in [-0.2, -0.15) is 0 Å². The molecule has 0 atom stereocenters. The second-order valence-electron chi connectivity index (χ2n) is 9.00. The fraction of sp³-hybridized carbons (Fsp3) is 0.212. The zero-order valence-electron chi connectivity index (χ0n) is 24.1. The molecule has 9 heteroatoms. The van der Waals surface area contributed by atoms with Crippen LogP contribution in [-0.2, 0) is 22.3 Å². The fourth-order valence-corrected chi connectivity index (χ4v) is 4.33. The fourth-order valence-electron chi connectivity index (χ4n) is 4.33. The molecule has 0 aliphatic heterocycles. The van der Waals surface area contributed by atoms with Crippen molar-refractivity contribution in [2.45, 2.75) is 12.8 Å². The molecule has 0 unspecified atom stereocenters. The smallest absolute Gasteiger partial charge is 0.337 e. The second-order valence-corrected chi connectivity index (χ2v) is 9.00. The highest BCUT2D eigenvalue weighted by Gasteiger charge is 2.19. The van der Waals surface area contributed by atoms with Crippen LogP contribution in [0.25, 0.3) is 0 Å². The molecular formula is C33H32O9. The third-order valence-corrected chi connectivity index (χ3v) is 6.50. The van der Waals surface area contributed by atoms with Crippen molar-refractivity contribution in [1.29, 1.82) is 0 Å². The average molecular weight is 573 g/mol. The molecule has 0 saturated heterocycles. The minimum Gasteiger partial charge on any atom is -0.496 e. The van der Waals surface area contributed by atoms with Crippen molar-refractivity contribution in [3.8, 4) is 40.2 Å². The van der Waals surface area contributed by atoms with Crippen LogP contribution in [0.1, 0.15) is 31.8 Å². The van der Waals surface area contributed by atoms with Gasteiger partial charge >= 0.3 is 11.9 Å². The lowest BCUT2D eigenvalue weighted by Crippen LogP contribution is -2.03. The van der Waals surface area contributed by atoms with E-state index < -0.39 is 11.9 Å². The van der Waals surface area contributed by atoms with Gasteiger partial charge in [-0.15, -0.1) is 0 Å². The molecule has 42 heavy (non-hydrogen) atoms. The minimum atomic E-state index is -0.467. The van der Waals surface area contributed by atoms with Gasteiger partial charge in [0.15, 0.2) is 23.0 Å². The molecule has 4 rings (SSSR count). The molecule has 0 spiro atoms. The summed E-state index contributed by atoms with van der Waals surface area (Å²) in [4.78, 5) is 24.0. The molecule has 0 radical (unpaired) electrons. The van der Waals surface area contributed by atoms with E-state index in [-0.39, 0.29) is 0 Å². The van der Waals surface area contributed by atoms with E-state index in [1.807, 2.05) is 30.3 Å². The molecule has 0 aliphatic carbocycles. The van der Waals surface area contributed by atoms with Gasteiger partial charge in [0.25, 0.3) is 0 Å². The van der Waals surface area contributed by atoms with E-state index in [4.69, 9.17) is 33.2 Å². The third kappa shape index (κ3) is 6.93. The zero-order chi connectivity index (χ0) is 30.1. The highest BCUT2D eigenvalue weighted by Crippen LogP contribution is 2.41. The van der Waals surface area contributed by atoms with Gasteiger partial charge in [-0.25, -0.2) is 9.59 Å². The summed E-state index contributed by atoms with van der Waals surface area (Å²) in [5.74, 6) is 2.66. The number of hydrogen-bond donors (Lipinski definition) is 0. The summed E-state index contributed by atoms with van der Waals surface area (Å²) in [6.45, 7) is 0. The SMILES string of the molecule is COC(=O)c1cccc(Oc2c(OC)ccc(OC)c2CCc2ccc(Oc3cc(C(=O)OC)ccc3OC)cc2)c1. The minimum absolute atomic E-state index is 0.354. The van der Waals surface area contributed by atoms with Crippen LogP contribution in [0.4, 0.5) is 0 Å². The lowest BCUT2D eigenvalue weighted by atomic mass is 10.0. The monoisotopic (exact) mass is 572 g/mol. The largest absolute Gasteiger partial charge is 0.496 e. The van der Waals surface area contributed by atoms with Gasteiger partial charge in [0.05, 0.1) is 46.7 Å². The number of hydrogen-bond acceptors (Lipinski definition) is 9. The Kier molecular flexibility index (Phi) is 9.89. The number of aryl methyl sites for hydroxylation is 1. The first-order chi connectivity index (χ1) is 20.4. The van der Waals surface area contributed by atoms with Crippen LogP contribution in [0, 0.1) is 0 Å². The van der Waals surface area contributed by atoms with Crippen LogP contribution in [0.15, 0.2) is 78.9 Å². The van der Waals surface area contributed by atoms with Crippen LogP contribution >= 0.6 is 0 Å². The number of carbonyl (C=O) groups is 2. The Balaban J connectivity index is 1.55. The van der Waals surface area contributed by atoms with E-state index in [9.17, 15) is 9.59 Å². The summed E-state index contributed by atoms with van der Waals surface area (Å²) in [6, 6.07) is 22.8. The van der Waals surface area contributed by atoms with Gasteiger partial charge in [0, 0.05) is 5.56 Å². The van der Waals surface area contributed by atoms with E-state index in [1.54, 1.807) is 62.8 Å². The maximum absolute atomic E-state index is 12.0. The van der Waals surface area contributed by atoms with Crippen molar-refractivity contribution >= 4 is 11.9 Å². The number of rotatable bonds is 12. The predicted molar refractivity (Wildman–Crippen MR) is 156 cm³/mol. The second kappa shape index (κ2) is 13.9. The molecule has 0 aliphatic rings. The third-order valence-electron chi connectivity index (χ3n) is 6.50. The summed E-state index contributed by atoms with van der Waals surface area (Å²) < 4.78 is 38.6. The molecule has 0 N–H and O–H groups in total. The standard InChI is InChI=1S/C33H32O9/c1-36-27-17-18-29(38-3)31(42-25-8-6-7-22(19-25)32(34)39-4)26(27)15-11-21-9-13-24(14-10-21)41-30-20-23(33(35)40-5)12-16-28(30)37-2/h6-10,12-14,16-20H,11,15H2,1-5H3. The van der Waals surface area contributed by atoms with Crippen molar-refractivity contribution in [2.24, 2.45) is 0 Å². The van der Waals surface area contributed by atoms with Crippen LogP contribution in [0.3, 0.4) is 0 Å². The van der Waals surface area contributed by atoms with Gasteiger partial charge in [0.2, 0.25) is 0 Å². The average Bonchev–Trinajstić information content (AvgIpc) is 3.03. The van der Waals surface area contributed by atoms with Gasteiger partial charge in [-0.05, 0) is 79.1 Å². The number of carbonyl (C=O) groups excluding carboxylic acids is 2. The van der Waals surface area contributed by atoms with Gasteiger partial charge < -0.3 is 33.2 Å². The summed E-state index contributed by atoms with van der Waals surface area (Å²) in [7, 11) is 7.35. The van der Waals surface area contributed by atoms with E-state index in [1.165, 1.54) is 21.3 Å². The van der Waals surface area contributed by atoms with Gasteiger partial charge in [0.1, 0.15) is 17.2 Å². The summed E-state index contributed by atoms with van der Waals surface area (Å²) in [6.07, 6.45) is 1.23. The topological polar surface area (TPSA) is 98.8 Å². The van der Waals surface area contributed by atoms with Crippen LogP contribution < -0.4 is 23.7 Å². The summed E-state index contributed by atoms with van der Waals surface area (Å²) in [5.41, 5.74) is 2.58. The van der Waals surface area contributed by atoms with Crippen molar-refractivity contribution in [3.05, 3.63) is 101 Å². The van der Waals surface area contributed by atoms with E-state index in [0.717, 1.165) is 11.1 Å². The zero-order valence-corrected chi connectivity index (χ0v) is 24.1. The van der Waals surface area contributed by atoms with Crippen molar-refractivity contribution in [2.75, 3.05) is 35.5 Å². The number of benzene rings is 4. The van der Waals surface area contributed by atoms with Crippen molar-refractivity contribution < 1.29 is 42.7 Å². The molecule has 0 aromatic heterocycles. The molecule has 4 aromatic rings. The van der Waals surface area contributed by atoms with Crippen molar-refractivity contribution in [1.82, 2.24) is 0 Å². The summed E-state index contributed by atoms with van der Waals surface area (Å²) in [5, 5.41) is 0. The normalized spacial score (nSPS) is 10.4. The Morgan fingerprint density at radius 1 is 0.548 bits per heavy atom. The van der Waals surface area contributed by atoms with E-state index in [0.29, 0.717) is 64.2 Å². The van der Waals surface area contributed by atoms with Gasteiger partial charge in [-0.1, -0.05) is 18.2 Å². The molecule has 0 fully saturated rings. The Hall–Kier alpha value is -5.18. The van der Waals surface area contributed by atoms with Crippen LogP contribution in [0.5, 0.6) is 40.2 Å². The first kappa shape index (κ1) is 29.8. The molecule has 218 valence electrons. The Morgan fingerprint density at radius 3 is 1.81 bits per heavy atom. The molecule has 0 heterocycles. The quantitative estimate of drug-likeness (QED) is 0.173. The molecule has 0 amide bonds. The molecular weight excluding hydrogens is 540 g/mol. The Labute approximate surface area is 244 Å².